The standard InChI is InChI=1S/C10H12N2O4S/c13-7(1-3-11-6-17)5-9(14)12-8-2-4-16-10(8)15/h8H,1-5H2,(H,12,14)/t8-/m0/s1. The molecular formula is C10H12N2O4S. The molecule has 0 aromatic heterocycles. The van der Waals surface area contributed by atoms with E-state index in [0.29, 0.717) is 13.0 Å². The van der Waals surface area contributed by atoms with Gasteiger partial charge in [-0.3, -0.25) is 9.59 Å². The van der Waals surface area contributed by atoms with Crippen molar-refractivity contribution < 1.29 is 19.1 Å². The summed E-state index contributed by atoms with van der Waals surface area (Å²) in [5, 5.41) is 4.58. The second-order valence-corrected chi connectivity index (χ2v) is 3.70. The van der Waals surface area contributed by atoms with Gasteiger partial charge in [-0.2, -0.15) is 0 Å². The lowest BCUT2D eigenvalue weighted by Gasteiger charge is -2.07. The molecule has 0 spiro atoms. The first-order chi connectivity index (χ1) is 8.13. The highest BCUT2D eigenvalue weighted by molar-refractivity contribution is 7.78. The number of carbonyl (C=O) groups is 3. The molecule has 17 heavy (non-hydrogen) atoms. The van der Waals surface area contributed by atoms with Crippen LogP contribution in [0.2, 0.25) is 0 Å². The third kappa shape index (κ3) is 4.84. The summed E-state index contributed by atoms with van der Waals surface area (Å²) in [4.78, 5) is 37.3. The van der Waals surface area contributed by atoms with Crippen LogP contribution in [0.25, 0.3) is 0 Å². The number of amides is 1. The van der Waals surface area contributed by atoms with Crippen LogP contribution in [0.1, 0.15) is 19.3 Å². The van der Waals surface area contributed by atoms with Crippen LogP contribution < -0.4 is 5.32 Å². The van der Waals surface area contributed by atoms with Gasteiger partial charge < -0.3 is 10.1 Å². The lowest BCUT2D eigenvalue weighted by atomic mass is 10.2. The molecular weight excluding hydrogens is 244 g/mol. The van der Waals surface area contributed by atoms with Gasteiger partial charge in [-0.25, -0.2) is 9.79 Å². The van der Waals surface area contributed by atoms with Crippen molar-refractivity contribution >= 4 is 35.0 Å². The number of hydrogen-bond acceptors (Lipinski definition) is 6. The number of ketones is 1. The zero-order chi connectivity index (χ0) is 12.7. The number of esters is 1. The quantitative estimate of drug-likeness (QED) is 0.310. The Morgan fingerprint density at radius 2 is 2.35 bits per heavy atom. The fourth-order valence-corrected chi connectivity index (χ4v) is 1.46. The third-order valence-corrected chi connectivity index (χ3v) is 2.32. The number of thiocarbonyl (C=S) groups is 1. The maximum atomic E-state index is 11.4. The third-order valence-electron chi connectivity index (χ3n) is 2.20. The second kappa shape index (κ2) is 6.88. The highest BCUT2D eigenvalue weighted by Crippen LogP contribution is 2.05. The average molecular weight is 256 g/mol. The molecule has 0 aliphatic carbocycles. The van der Waals surface area contributed by atoms with Crippen molar-refractivity contribution in [2.75, 3.05) is 13.2 Å². The number of rotatable bonds is 6. The number of ether oxygens (including phenoxy) is 1. The van der Waals surface area contributed by atoms with Crippen LogP contribution in [0, 0.1) is 0 Å². The first-order valence-corrected chi connectivity index (χ1v) is 5.55. The molecule has 1 aliphatic heterocycles. The number of aliphatic imine (C=N–C) groups is 1. The monoisotopic (exact) mass is 256 g/mol. The predicted octanol–water partition coefficient (Wildman–Crippen LogP) is -0.130. The van der Waals surface area contributed by atoms with E-state index in [1.807, 2.05) is 0 Å². The smallest absolute Gasteiger partial charge is 0.328 e. The Bertz CT molecular complexity index is 377. The number of nitrogens with one attached hydrogen (secondary N) is 1. The largest absolute Gasteiger partial charge is 0.464 e. The molecule has 1 amide bonds. The summed E-state index contributed by atoms with van der Waals surface area (Å²) in [7, 11) is 0. The number of cyclic esters (lactones) is 1. The molecule has 0 radical (unpaired) electrons. The molecule has 1 atom stereocenters. The lowest BCUT2D eigenvalue weighted by molar-refractivity contribution is -0.142. The SMILES string of the molecule is O=C(CCN=C=S)CC(=O)N[C@H]1CCOC1=O. The van der Waals surface area contributed by atoms with Crippen LogP contribution in [0.4, 0.5) is 0 Å². The molecule has 1 N–H and O–H groups in total. The Kier molecular flexibility index (Phi) is 5.45. The number of nitrogens with zero attached hydrogens (tertiary/aromatic N) is 1. The van der Waals surface area contributed by atoms with Crippen LogP contribution in [-0.4, -0.2) is 42.0 Å². The molecule has 0 bridgehead atoms. The van der Waals surface area contributed by atoms with Gasteiger partial charge in [0.05, 0.1) is 24.7 Å². The van der Waals surface area contributed by atoms with Crippen molar-refractivity contribution in [1.82, 2.24) is 5.32 Å². The van der Waals surface area contributed by atoms with Gasteiger partial charge in [0.1, 0.15) is 11.8 Å². The molecule has 1 heterocycles. The van der Waals surface area contributed by atoms with Crippen LogP contribution in [-0.2, 0) is 19.1 Å². The van der Waals surface area contributed by atoms with Gasteiger partial charge in [0.15, 0.2) is 0 Å². The Hall–Kier alpha value is -1.59. The minimum Gasteiger partial charge on any atom is -0.464 e. The highest BCUT2D eigenvalue weighted by atomic mass is 32.1. The topological polar surface area (TPSA) is 84.8 Å². The Labute approximate surface area is 103 Å². The Morgan fingerprint density at radius 3 is 2.94 bits per heavy atom. The summed E-state index contributed by atoms with van der Waals surface area (Å²) in [5.41, 5.74) is 0. The molecule has 0 saturated carbocycles. The molecule has 1 aliphatic rings. The van der Waals surface area contributed by atoms with Crippen LogP contribution in [0.15, 0.2) is 4.99 Å². The van der Waals surface area contributed by atoms with E-state index in [0.717, 1.165) is 0 Å². The van der Waals surface area contributed by atoms with E-state index in [9.17, 15) is 14.4 Å². The van der Waals surface area contributed by atoms with Gasteiger partial charge in [-0.15, -0.1) is 0 Å². The van der Waals surface area contributed by atoms with Gasteiger partial charge >= 0.3 is 5.97 Å². The van der Waals surface area contributed by atoms with Crippen molar-refractivity contribution in [3.8, 4) is 0 Å². The minimum absolute atomic E-state index is 0.145. The molecule has 0 unspecified atom stereocenters. The summed E-state index contributed by atoms with van der Waals surface area (Å²) in [5.74, 6) is -1.16. The molecule has 0 aromatic rings. The number of isothiocyanates is 1. The van der Waals surface area contributed by atoms with Gasteiger partial charge in [0.25, 0.3) is 0 Å². The molecule has 0 aromatic carbocycles. The predicted molar refractivity (Wildman–Crippen MR) is 61.6 cm³/mol. The summed E-state index contributed by atoms with van der Waals surface area (Å²) < 4.78 is 4.68. The number of carbonyl (C=O) groups excluding carboxylic acids is 3. The zero-order valence-electron chi connectivity index (χ0n) is 9.10. The molecule has 1 rings (SSSR count). The van der Waals surface area contributed by atoms with Gasteiger partial charge in [0.2, 0.25) is 5.91 Å². The second-order valence-electron chi connectivity index (χ2n) is 3.51. The fraction of sp³-hybridized carbons (Fsp3) is 0.600. The first kappa shape index (κ1) is 13.5. The summed E-state index contributed by atoms with van der Waals surface area (Å²) in [6.07, 6.45) is 0.344. The Morgan fingerprint density at radius 1 is 1.59 bits per heavy atom. The van der Waals surface area contributed by atoms with E-state index in [-0.39, 0.29) is 25.2 Å². The molecule has 92 valence electrons. The van der Waals surface area contributed by atoms with Crippen LogP contribution in [0.3, 0.4) is 0 Å². The number of Topliss-reactive ketones (excluding diaryl/α,β-unsaturated/α-hetero) is 1. The maximum absolute atomic E-state index is 11.4. The lowest BCUT2D eigenvalue weighted by Crippen LogP contribution is -2.38. The maximum Gasteiger partial charge on any atom is 0.328 e. The van der Waals surface area contributed by atoms with Crippen molar-refractivity contribution in [2.45, 2.75) is 25.3 Å². The first-order valence-electron chi connectivity index (χ1n) is 5.15. The zero-order valence-corrected chi connectivity index (χ0v) is 9.92. The minimum atomic E-state index is -0.616. The van der Waals surface area contributed by atoms with E-state index in [2.05, 4.69) is 32.4 Å². The highest BCUT2D eigenvalue weighted by Gasteiger charge is 2.28. The Balaban J connectivity index is 2.26. The van der Waals surface area contributed by atoms with Crippen LogP contribution >= 0.6 is 12.2 Å². The summed E-state index contributed by atoms with van der Waals surface area (Å²) in [6.45, 7) is 0.544. The van der Waals surface area contributed by atoms with E-state index >= 15 is 0 Å². The van der Waals surface area contributed by atoms with Crippen LogP contribution in [0.5, 0.6) is 0 Å². The van der Waals surface area contributed by atoms with Gasteiger partial charge in [0, 0.05) is 12.8 Å². The van der Waals surface area contributed by atoms with Gasteiger partial charge in [-0.05, 0) is 12.2 Å². The number of hydrogen-bond donors (Lipinski definition) is 1. The van der Waals surface area contributed by atoms with Crippen molar-refractivity contribution in [3.63, 3.8) is 0 Å². The summed E-state index contributed by atoms with van der Waals surface area (Å²) in [6, 6.07) is -0.616. The molecule has 6 nitrogen and oxygen atoms in total. The molecule has 1 saturated heterocycles. The molecule has 7 heteroatoms. The average Bonchev–Trinajstić information content (AvgIpc) is 2.64. The van der Waals surface area contributed by atoms with E-state index in [1.54, 1.807) is 0 Å². The van der Waals surface area contributed by atoms with Crippen molar-refractivity contribution in [3.05, 3.63) is 0 Å². The van der Waals surface area contributed by atoms with Crippen molar-refractivity contribution in [2.24, 2.45) is 4.99 Å². The van der Waals surface area contributed by atoms with Crippen molar-refractivity contribution in [1.29, 1.82) is 0 Å². The van der Waals surface area contributed by atoms with E-state index in [1.165, 1.54) is 0 Å². The van der Waals surface area contributed by atoms with Gasteiger partial charge in [-0.1, -0.05) is 0 Å². The normalized spacial score (nSPS) is 18.1. The fourth-order valence-electron chi connectivity index (χ4n) is 1.37. The van der Waals surface area contributed by atoms with E-state index in [4.69, 9.17) is 0 Å². The molecule has 1 fully saturated rings. The summed E-state index contributed by atoms with van der Waals surface area (Å²) >= 11 is 4.34. The van der Waals surface area contributed by atoms with E-state index < -0.39 is 17.9 Å².